The molecule has 0 radical (unpaired) electrons. The molecule has 8 nitrogen and oxygen atoms in total. The second-order valence-corrected chi connectivity index (χ2v) is 8.19. The average molecular weight is 520 g/mol. The van der Waals surface area contributed by atoms with Gasteiger partial charge >= 0.3 is 12.1 Å². The lowest BCUT2D eigenvalue weighted by molar-refractivity contribution is -0.137. The number of nitrogens with one attached hydrogen (secondary N) is 1. The van der Waals surface area contributed by atoms with Gasteiger partial charge in [0.05, 0.1) is 24.1 Å². The van der Waals surface area contributed by atoms with E-state index in [9.17, 15) is 18.0 Å². The summed E-state index contributed by atoms with van der Waals surface area (Å²) >= 11 is 6.19. The highest BCUT2D eigenvalue weighted by atomic mass is 35.5. The molecule has 0 aliphatic carbocycles. The highest BCUT2D eigenvalue weighted by Gasteiger charge is 2.35. The van der Waals surface area contributed by atoms with E-state index in [4.69, 9.17) is 21.1 Å². The van der Waals surface area contributed by atoms with Crippen LogP contribution < -0.4 is 4.74 Å². The van der Waals surface area contributed by atoms with Gasteiger partial charge in [-0.2, -0.15) is 13.2 Å². The van der Waals surface area contributed by atoms with Gasteiger partial charge in [0, 0.05) is 23.2 Å². The van der Waals surface area contributed by atoms with Crippen molar-refractivity contribution in [3.8, 4) is 28.4 Å². The predicted octanol–water partition coefficient (Wildman–Crippen LogP) is 5.86. The Morgan fingerprint density at radius 1 is 1.17 bits per heavy atom. The molecule has 36 heavy (non-hydrogen) atoms. The van der Waals surface area contributed by atoms with E-state index in [0.29, 0.717) is 27.9 Å². The van der Waals surface area contributed by atoms with Crippen molar-refractivity contribution >= 4 is 17.6 Å². The standard InChI is InChI=1S/C24H21ClF3N5O3/c1-4-35-23(34)20-29-12-18(30-20)16-11-14(25)9-10-19(16)36-13(2)21-31-32-22(33(21)3)15-7-5-6-8-17(15)24(26,27)28/h5-13H,4H2,1-3H3,(H,29,30)/t13-/m0/s1. The monoisotopic (exact) mass is 519 g/mol. The Kier molecular flexibility index (Phi) is 7.02. The topological polar surface area (TPSA) is 94.9 Å². The van der Waals surface area contributed by atoms with Crippen molar-refractivity contribution < 1.29 is 27.4 Å². The molecule has 2 heterocycles. The first-order chi connectivity index (χ1) is 17.1. The van der Waals surface area contributed by atoms with Crippen molar-refractivity contribution in [2.75, 3.05) is 6.61 Å². The van der Waals surface area contributed by atoms with Crippen molar-refractivity contribution in [1.29, 1.82) is 0 Å². The Bertz CT molecular complexity index is 1400. The molecule has 2 aromatic heterocycles. The Morgan fingerprint density at radius 3 is 2.64 bits per heavy atom. The number of nitrogens with zero attached hydrogens (tertiary/aromatic N) is 4. The summed E-state index contributed by atoms with van der Waals surface area (Å²) in [4.78, 5) is 18.9. The van der Waals surface area contributed by atoms with Gasteiger partial charge in [-0.3, -0.25) is 0 Å². The molecular weight excluding hydrogens is 499 g/mol. The Morgan fingerprint density at radius 2 is 1.92 bits per heavy atom. The van der Waals surface area contributed by atoms with Crippen molar-refractivity contribution in [3.05, 3.63) is 70.9 Å². The number of carbonyl (C=O) groups excluding carboxylic acids is 1. The number of rotatable bonds is 7. The van der Waals surface area contributed by atoms with Gasteiger partial charge in [-0.05, 0) is 38.1 Å². The van der Waals surface area contributed by atoms with Crippen molar-refractivity contribution in [3.63, 3.8) is 0 Å². The zero-order valence-corrected chi connectivity index (χ0v) is 20.2. The van der Waals surface area contributed by atoms with Gasteiger partial charge in [0.2, 0.25) is 5.82 Å². The average Bonchev–Trinajstić information content (AvgIpc) is 3.47. The maximum absolute atomic E-state index is 13.5. The van der Waals surface area contributed by atoms with Gasteiger partial charge < -0.3 is 19.0 Å². The number of imidazole rings is 1. The molecule has 0 saturated carbocycles. The predicted molar refractivity (Wildman–Crippen MR) is 125 cm³/mol. The third-order valence-electron chi connectivity index (χ3n) is 5.33. The molecule has 4 aromatic rings. The lowest BCUT2D eigenvalue weighted by atomic mass is 10.1. The second-order valence-electron chi connectivity index (χ2n) is 7.75. The summed E-state index contributed by atoms with van der Waals surface area (Å²) in [7, 11) is 1.57. The summed E-state index contributed by atoms with van der Waals surface area (Å²) in [5.74, 6) is 0.155. The summed E-state index contributed by atoms with van der Waals surface area (Å²) < 4.78 is 53.1. The number of ether oxygens (including phenoxy) is 2. The van der Waals surface area contributed by atoms with Gasteiger partial charge in [-0.1, -0.05) is 29.8 Å². The van der Waals surface area contributed by atoms with E-state index in [1.165, 1.54) is 29.0 Å². The first-order valence-electron chi connectivity index (χ1n) is 10.8. The van der Waals surface area contributed by atoms with E-state index in [2.05, 4.69) is 20.2 Å². The number of hydrogen-bond donors (Lipinski definition) is 1. The number of alkyl halides is 3. The fourth-order valence-electron chi connectivity index (χ4n) is 3.67. The van der Waals surface area contributed by atoms with Gasteiger partial charge in [0.1, 0.15) is 5.75 Å². The third-order valence-corrected chi connectivity index (χ3v) is 5.56. The lowest BCUT2D eigenvalue weighted by Gasteiger charge is -2.17. The minimum Gasteiger partial charge on any atom is -0.482 e. The van der Waals surface area contributed by atoms with Gasteiger partial charge in [0.25, 0.3) is 0 Å². The number of H-pyrrole nitrogens is 1. The largest absolute Gasteiger partial charge is 0.482 e. The lowest BCUT2D eigenvalue weighted by Crippen LogP contribution is -2.12. The van der Waals surface area contributed by atoms with Gasteiger partial charge in [0.15, 0.2) is 17.8 Å². The molecule has 0 aliphatic heterocycles. The van der Waals surface area contributed by atoms with Crippen LogP contribution in [0.3, 0.4) is 0 Å². The van der Waals surface area contributed by atoms with Gasteiger partial charge in [-0.15, -0.1) is 10.2 Å². The number of hydrogen-bond acceptors (Lipinski definition) is 6. The fourth-order valence-corrected chi connectivity index (χ4v) is 3.85. The molecule has 0 amide bonds. The highest BCUT2D eigenvalue weighted by molar-refractivity contribution is 6.31. The van der Waals surface area contributed by atoms with Crippen LogP contribution in [0.2, 0.25) is 5.02 Å². The summed E-state index contributed by atoms with van der Waals surface area (Å²) in [6.07, 6.45) is -3.80. The van der Waals surface area contributed by atoms with E-state index in [1.807, 2.05) is 0 Å². The van der Waals surface area contributed by atoms with Crippen LogP contribution in [-0.4, -0.2) is 37.3 Å². The maximum Gasteiger partial charge on any atom is 0.417 e. The second kappa shape index (κ2) is 10.0. The first-order valence-corrected chi connectivity index (χ1v) is 11.2. The van der Waals surface area contributed by atoms with Crippen molar-refractivity contribution in [2.24, 2.45) is 7.05 Å². The molecule has 0 saturated heterocycles. The molecule has 1 N–H and O–H groups in total. The van der Waals surface area contributed by atoms with Crippen LogP contribution >= 0.6 is 11.6 Å². The number of aromatic nitrogens is 5. The smallest absolute Gasteiger partial charge is 0.417 e. The highest BCUT2D eigenvalue weighted by Crippen LogP contribution is 2.38. The van der Waals surface area contributed by atoms with E-state index in [1.54, 1.807) is 39.1 Å². The summed E-state index contributed by atoms with van der Waals surface area (Å²) in [6, 6.07) is 10.1. The van der Waals surface area contributed by atoms with Crippen LogP contribution in [-0.2, 0) is 18.0 Å². The molecular formula is C24H21ClF3N5O3. The Balaban J connectivity index is 1.65. The van der Waals surface area contributed by atoms with Gasteiger partial charge in [-0.25, -0.2) is 9.78 Å². The molecule has 4 rings (SSSR count). The molecule has 188 valence electrons. The number of esters is 1. The van der Waals surface area contributed by atoms with Crippen LogP contribution in [0.4, 0.5) is 13.2 Å². The molecule has 0 spiro atoms. The molecule has 1 atom stereocenters. The van der Waals surface area contributed by atoms with Crippen LogP contribution in [0.15, 0.2) is 48.7 Å². The molecule has 0 unspecified atom stereocenters. The van der Waals surface area contributed by atoms with E-state index in [-0.39, 0.29) is 23.8 Å². The number of halogens is 4. The van der Waals surface area contributed by atoms with Crippen molar-refractivity contribution in [2.45, 2.75) is 26.1 Å². The summed E-state index contributed by atoms with van der Waals surface area (Å²) in [5, 5.41) is 8.51. The van der Waals surface area contributed by atoms with E-state index >= 15 is 0 Å². The SMILES string of the molecule is CCOC(=O)c1ncc(-c2cc(Cl)ccc2O[C@@H](C)c2nnc(-c3ccccc3C(F)(F)F)n2C)[nH]1. The Labute approximate surface area is 209 Å². The van der Waals surface area contributed by atoms with Crippen LogP contribution in [0, 0.1) is 0 Å². The molecule has 0 fully saturated rings. The van der Waals surface area contributed by atoms with Crippen LogP contribution in [0.25, 0.3) is 22.6 Å². The molecule has 0 bridgehead atoms. The van der Waals surface area contributed by atoms with Crippen LogP contribution in [0.1, 0.15) is 42.0 Å². The minimum atomic E-state index is -4.55. The number of aromatic amines is 1. The zero-order chi connectivity index (χ0) is 26.0. The van der Waals surface area contributed by atoms with Crippen LogP contribution in [0.5, 0.6) is 5.75 Å². The zero-order valence-electron chi connectivity index (χ0n) is 19.4. The van der Waals surface area contributed by atoms with Crippen molar-refractivity contribution in [1.82, 2.24) is 24.7 Å². The molecule has 0 aliphatic rings. The first kappa shape index (κ1) is 25.2. The minimum absolute atomic E-state index is 0.0205. The summed E-state index contributed by atoms with van der Waals surface area (Å²) in [5.41, 5.74) is 0.0783. The quantitative estimate of drug-likeness (QED) is 0.307. The Hall–Kier alpha value is -3.86. The third kappa shape index (κ3) is 5.06. The fraction of sp³-hybridized carbons (Fsp3) is 0.250. The molecule has 12 heteroatoms. The maximum atomic E-state index is 13.5. The summed E-state index contributed by atoms with van der Waals surface area (Å²) in [6.45, 7) is 3.58. The van der Waals surface area contributed by atoms with E-state index < -0.39 is 23.8 Å². The normalized spacial score (nSPS) is 12.4. The number of carbonyl (C=O) groups is 1. The number of benzene rings is 2. The molecule has 2 aromatic carbocycles. The van der Waals surface area contributed by atoms with E-state index in [0.717, 1.165) is 6.07 Å².